The average Bonchev–Trinajstić information content (AvgIpc) is 2.68. The Balaban J connectivity index is 1.59. The molecule has 0 bridgehead atoms. The van der Waals surface area contributed by atoms with E-state index in [2.05, 4.69) is 20.6 Å². The third-order valence-corrected chi connectivity index (χ3v) is 4.10. The van der Waals surface area contributed by atoms with Gasteiger partial charge >= 0.3 is 0 Å². The van der Waals surface area contributed by atoms with Crippen LogP contribution in [0.4, 0.5) is 14.6 Å². The third kappa shape index (κ3) is 5.33. The van der Waals surface area contributed by atoms with E-state index in [9.17, 15) is 13.6 Å². The zero-order chi connectivity index (χ0) is 19.9. The fourth-order valence-corrected chi connectivity index (χ4v) is 2.67. The Bertz CT molecular complexity index is 961. The standard InChI is InChI=1S/C21H20F2N4O/c1-14-26-19(21(28)25-13-16-4-2-3-5-18(16)23)12-20(27-14)24-11-10-15-6-8-17(22)9-7-15/h2-9,12H,10-11,13H2,1H3,(H,25,28)(H,24,26,27). The summed E-state index contributed by atoms with van der Waals surface area (Å²) in [5.74, 6) is -0.0807. The molecule has 7 heteroatoms. The number of aryl methyl sites for hydroxylation is 1. The Morgan fingerprint density at radius 1 is 1.04 bits per heavy atom. The average molecular weight is 382 g/mol. The third-order valence-electron chi connectivity index (χ3n) is 4.10. The first-order chi connectivity index (χ1) is 13.5. The Labute approximate surface area is 161 Å². The van der Waals surface area contributed by atoms with E-state index in [0.717, 1.165) is 5.56 Å². The lowest BCUT2D eigenvalue weighted by atomic mass is 10.1. The van der Waals surface area contributed by atoms with Crippen LogP contribution in [0.5, 0.6) is 0 Å². The summed E-state index contributed by atoms with van der Waals surface area (Å²) < 4.78 is 26.6. The van der Waals surface area contributed by atoms with Crippen LogP contribution in [-0.2, 0) is 13.0 Å². The highest BCUT2D eigenvalue weighted by molar-refractivity contribution is 5.92. The van der Waals surface area contributed by atoms with Crippen LogP contribution in [0.25, 0.3) is 0 Å². The van der Waals surface area contributed by atoms with Gasteiger partial charge in [-0.25, -0.2) is 18.7 Å². The molecule has 2 aromatic carbocycles. The number of rotatable bonds is 7. The number of anilines is 1. The van der Waals surface area contributed by atoms with E-state index in [1.165, 1.54) is 18.2 Å². The molecule has 0 radical (unpaired) electrons. The van der Waals surface area contributed by atoms with Crippen molar-refractivity contribution in [1.82, 2.24) is 15.3 Å². The van der Waals surface area contributed by atoms with Crippen LogP contribution < -0.4 is 10.6 Å². The second-order valence-electron chi connectivity index (χ2n) is 6.26. The van der Waals surface area contributed by atoms with Crippen LogP contribution in [0.1, 0.15) is 27.4 Å². The molecule has 0 aliphatic heterocycles. The molecule has 0 fully saturated rings. The molecule has 28 heavy (non-hydrogen) atoms. The molecule has 1 heterocycles. The Morgan fingerprint density at radius 3 is 2.54 bits per heavy atom. The van der Waals surface area contributed by atoms with Gasteiger partial charge in [-0.3, -0.25) is 4.79 Å². The Hall–Kier alpha value is -3.35. The maximum absolute atomic E-state index is 13.7. The summed E-state index contributed by atoms with van der Waals surface area (Å²) in [5, 5.41) is 5.81. The highest BCUT2D eigenvalue weighted by Gasteiger charge is 2.11. The number of amides is 1. The quantitative estimate of drug-likeness (QED) is 0.655. The van der Waals surface area contributed by atoms with E-state index in [4.69, 9.17) is 0 Å². The maximum atomic E-state index is 13.7. The summed E-state index contributed by atoms with van der Waals surface area (Å²) in [5.41, 5.74) is 1.59. The molecule has 0 aliphatic rings. The van der Waals surface area contributed by atoms with Crippen LogP contribution in [0.15, 0.2) is 54.6 Å². The number of benzene rings is 2. The van der Waals surface area contributed by atoms with Crippen molar-refractivity contribution in [3.8, 4) is 0 Å². The number of carbonyl (C=O) groups is 1. The zero-order valence-electron chi connectivity index (χ0n) is 15.4. The number of carbonyl (C=O) groups excluding carboxylic acids is 1. The van der Waals surface area contributed by atoms with Crippen molar-refractivity contribution in [1.29, 1.82) is 0 Å². The first-order valence-corrected chi connectivity index (χ1v) is 8.87. The largest absolute Gasteiger partial charge is 0.370 e. The van der Waals surface area contributed by atoms with Gasteiger partial charge in [0.25, 0.3) is 5.91 Å². The van der Waals surface area contributed by atoms with Crippen molar-refractivity contribution in [2.24, 2.45) is 0 Å². The topological polar surface area (TPSA) is 66.9 Å². The first kappa shape index (κ1) is 19.4. The maximum Gasteiger partial charge on any atom is 0.270 e. The smallest absolute Gasteiger partial charge is 0.270 e. The van der Waals surface area contributed by atoms with Crippen LogP contribution in [-0.4, -0.2) is 22.4 Å². The minimum Gasteiger partial charge on any atom is -0.370 e. The molecule has 0 atom stereocenters. The van der Waals surface area contributed by atoms with Gasteiger partial charge in [-0.1, -0.05) is 30.3 Å². The minimum atomic E-state index is -0.407. The summed E-state index contributed by atoms with van der Waals surface area (Å²) >= 11 is 0. The number of nitrogens with zero attached hydrogens (tertiary/aromatic N) is 2. The number of hydrogen-bond acceptors (Lipinski definition) is 4. The Kier molecular flexibility index (Phi) is 6.26. The van der Waals surface area contributed by atoms with E-state index in [1.807, 2.05) is 0 Å². The van der Waals surface area contributed by atoms with Crippen molar-refractivity contribution in [3.05, 3.63) is 88.9 Å². The molecule has 2 N–H and O–H groups in total. The molecular weight excluding hydrogens is 362 g/mol. The predicted octanol–water partition coefficient (Wildman–Crippen LogP) is 3.65. The van der Waals surface area contributed by atoms with Crippen molar-refractivity contribution in [3.63, 3.8) is 0 Å². The first-order valence-electron chi connectivity index (χ1n) is 8.87. The van der Waals surface area contributed by atoms with Crippen molar-refractivity contribution >= 4 is 11.7 Å². The summed E-state index contributed by atoms with van der Waals surface area (Å²) in [4.78, 5) is 20.8. The highest BCUT2D eigenvalue weighted by atomic mass is 19.1. The molecular formula is C21H20F2N4O. The molecule has 1 aromatic heterocycles. The normalized spacial score (nSPS) is 10.5. The van der Waals surface area contributed by atoms with E-state index in [-0.39, 0.29) is 23.9 Å². The van der Waals surface area contributed by atoms with E-state index < -0.39 is 5.91 Å². The molecule has 0 spiro atoms. The molecule has 1 amide bonds. The Morgan fingerprint density at radius 2 is 1.79 bits per heavy atom. The second kappa shape index (κ2) is 9.03. The lowest BCUT2D eigenvalue weighted by Crippen LogP contribution is -2.25. The summed E-state index contributed by atoms with van der Waals surface area (Å²) in [6.45, 7) is 2.33. The van der Waals surface area contributed by atoms with Crippen LogP contribution in [0, 0.1) is 18.6 Å². The molecule has 0 unspecified atom stereocenters. The van der Waals surface area contributed by atoms with Crippen molar-refractivity contribution in [2.45, 2.75) is 19.9 Å². The molecule has 5 nitrogen and oxygen atoms in total. The molecule has 3 aromatic rings. The van der Waals surface area contributed by atoms with Gasteiger partial charge in [-0.15, -0.1) is 0 Å². The van der Waals surface area contributed by atoms with Gasteiger partial charge in [-0.05, 0) is 37.1 Å². The van der Waals surface area contributed by atoms with Gasteiger partial charge in [0.1, 0.15) is 29.0 Å². The minimum absolute atomic E-state index is 0.0713. The van der Waals surface area contributed by atoms with Gasteiger partial charge in [0.2, 0.25) is 0 Å². The lowest BCUT2D eigenvalue weighted by Gasteiger charge is -2.10. The van der Waals surface area contributed by atoms with E-state index >= 15 is 0 Å². The molecule has 0 saturated carbocycles. The summed E-state index contributed by atoms with van der Waals surface area (Å²) in [7, 11) is 0. The highest BCUT2D eigenvalue weighted by Crippen LogP contribution is 2.10. The van der Waals surface area contributed by atoms with Crippen LogP contribution in [0.2, 0.25) is 0 Å². The molecule has 0 saturated heterocycles. The predicted molar refractivity (Wildman–Crippen MR) is 103 cm³/mol. The number of hydrogen-bond donors (Lipinski definition) is 2. The fraction of sp³-hybridized carbons (Fsp3) is 0.190. The van der Waals surface area contributed by atoms with Gasteiger partial charge in [-0.2, -0.15) is 0 Å². The lowest BCUT2D eigenvalue weighted by molar-refractivity contribution is 0.0945. The van der Waals surface area contributed by atoms with E-state index in [1.54, 1.807) is 43.3 Å². The van der Waals surface area contributed by atoms with Gasteiger partial charge in [0.15, 0.2) is 0 Å². The number of nitrogens with one attached hydrogen (secondary N) is 2. The summed E-state index contributed by atoms with van der Waals surface area (Å²) in [6.07, 6.45) is 0.679. The SMILES string of the molecule is Cc1nc(NCCc2ccc(F)cc2)cc(C(=O)NCc2ccccc2F)n1. The van der Waals surface area contributed by atoms with Crippen LogP contribution >= 0.6 is 0 Å². The van der Waals surface area contributed by atoms with Gasteiger partial charge in [0, 0.05) is 24.7 Å². The number of halogens is 2. The monoisotopic (exact) mass is 382 g/mol. The van der Waals surface area contributed by atoms with Crippen molar-refractivity contribution in [2.75, 3.05) is 11.9 Å². The zero-order valence-corrected chi connectivity index (χ0v) is 15.4. The fourth-order valence-electron chi connectivity index (χ4n) is 2.67. The second-order valence-corrected chi connectivity index (χ2v) is 6.26. The molecule has 3 rings (SSSR count). The van der Waals surface area contributed by atoms with Crippen LogP contribution in [0.3, 0.4) is 0 Å². The molecule has 0 aliphatic carbocycles. The molecule has 144 valence electrons. The number of aromatic nitrogens is 2. The van der Waals surface area contributed by atoms with E-state index in [0.29, 0.717) is 30.2 Å². The van der Waals surface area contributed by atoms with Gasteiger partial charge < -0.3 is 10.6 Å². The summed E-state index contributed by atoms with van der Waals surface area (Å²) in [6, 6.07) is 14.1. The van der Waals surface area contributed by atoms with Gasteiger partial charge in [0.05, 0.1) is 0 Å². The van der Waals surface area contributed by atoms with Crippen molar-refractivity contribution < 1.29 is 13.6 Å².